The number of nitrogens with zero attached hydrogens (tertiary/aromatic N) is 5. The molecule has 0 unspecified atom stereocenters. The fraction of sp³-hybridized carbons (Fsp3) is 0.0339. The number of methoxy groups -OCH3 is 2. The minimum Gasteiger partial charge on any atom is -0.497 e. The summed E-state index contributed by atoms with van der Waals surface area (Å²) in [7, 11) is 3.32. The second-order valence-corrected chi connectivity index (χ2v) is 15.1. The van der Waals surface area contributed by atoms with Crippen LogP contribution < -0.4 is 19.3 Å². The van der Waals surface area contributed by atoms with Crippen molar-refractivity contribution in [2.75, 3.05) is 24.0 Å². The van der Waals surface area contributed by atoms with Crippen molar-refractivity contribution in [3.05, 3.63) is 239 Å². The van der Waals surface area contributed by atoms with Gasteiger partial charge in [0.1, 0.15) is 23.6 Å². The van der Waals surface area contributed by atoms with Crippen molar-refractivity contribution in [3.8, 4) is 29.7 Å². The molecule has 0 aliphatic carbocycles. The van der Waals surface area contributed by atoms with E-state index in [9.17, 15) is 15.8 Å². The van der Waals surface area contributed by atoms with E-state index in [1.807, 2.05) is 152 Å². The first-order valence-corrected chi connectivity index (χ1v) is 21.2. The van der Waals surface area contributed by atoms with E-state index in [0.717, 1.165) is 67.9 Å². The maximum atomic E-state index is 10.4. The average molecular weight is 854 g/mol. The third-order valence-electron chi connectivity index (χ3n) is 11.0. The van der Waals surface area contributed by atoms with E-state index in [4.69, 9.17) is 9.47 Å². The first-order chi connectivity index (χ1) is 32.5. The molecule has 8 rings (SSSR count). The summed E-state index contributed by atoms with van der Waals surface area (Å²) in [6.07, 6.45) is 7.96. The molecule has 0 radical (unpaired) electrons. The maximum absolute atomic E-state index is 10.4. The summed E-state index contributed by atoms with van der Waals surface area (Å²) in [5.41, 5.74) is 11.4. The summed E-state index contributed by atoms with van der Waals surface area (Å²) in [5, 5.41) is 31.0. The van der Waals surface area contributed by atoms with E-state index >= 15 is 0 Å². The summed E-state index contributed by atoms with van der Waals surface area (Å²) in [4.78, 5) is 4.37. The Balaban J connectivity index is 0.972. The van der Waals surface area contributed by atoms with Gasteiger partial charge in [-0.2, -0.15) is 15.8 Å². The third kappa shape index (κ3) is 9.96. The lowest BCUT2D eigenvalue weighted by Gasteiger charge is -2.25. The van der Waals surface area contributed by atoms with E-state index in [1.165, 1.54) is 0 Å². The Bertz CT molecular complexity index is 3140. The highest BCUT2D eigenvalue weighted by Gasteiger charge is 2.17. The molecule has 0 N–H and O–H groups in total. The van der Waals surface area contributed by atoms with Crippen LogP contribution in [0.4, 0.5) is 34.1 Å². The first-order valence-electron chi connectivity index (χ1n) is 21.2. The average Bonchev–Trinajstić information content (AvgIpc) is 3.39. The molecule has 316 valence electrons. The molecule has 0 fully saturated rings. The standard InChI is InChI=1S/C59H43N5O2/c1-65-55-34-30-53(31-35-55)63(49-9-5-3-6-10-49)51-26-19-44(20-27-51)14-13-43-17-24-47(25-18-43)58(41-61)59(42-62)57-38-23-46(39-48(57)40-60)16-15-45-21-28-52(29-22-45)64(50-11-7-4-8-12-50)54-32-36-56(66-2)37-33-54/h3-39H,1-2H3/b14-13-,16-15-,59-58-. The van der Waals surface area contributed by atoms with Crippen LogP contribution >= 0.6 is 0 Å². The number of nitriles is 3. The molecule has 7 heteroatoms. The van der Waals surface area contributed by atoms with Crippen molar-refractivity contribution < 1.29 is 9.47 Å². The molecule has 8 aromatic carbocycles. The molecule has 0 aromatic heterocycles. The Morgan fingerprint density at radius 1 is 0.394 bits per heavy atom. The molecule has 0 spiro atoms. The summed E-state index contributed by atoms with van der Waals surface area (Å²) in [5.74, 6) is 1.59. The topological polar surface area (TPSA) is 96.3 Å². The van der Waals surface area contributed by atoms with Crippen LogP contribution in [0.1, 0.15) is 38.9 Å². The van der Waals surface area contributed by atoms with Crippen molar-refractivity contribution in [2.24, 2.45) is 0 Å². The summed E-state index contributed by atoms with van der Waals surface area (Å²) >= 11 is 0. The molecule has 0 saturated carbocycles. The number of anilines is 6. The van der Waals surface area contributed by atoms with Crippen LogP contribution in [0.5, 0.6) is 11.5 Å². The highest BCUT2D eigenvalue weighted by Crippen LogP contribution is 2.37. The van der Waals surface area contributed by atoms with Gasteiger partial charge in [0.2, 0.25) is 0 Å². The van der Waals surface area contributed by atoms with Gasteiger partial charge in [-0.3, -0.25) is 0 Å². The molecule has 8 aromatic rings. The molecule has 0 atom stereocenters. The van der Waals surface area contributed by atoms with Crippen molar-refractivity contribution >= 4 is 69.6 Å². The lowest BCUT2D eigenvalue weighted by Crippen LogP contribution is -2.09. The lowest BCUT2D eigenvalue weighted by molar-refractivity contribution is 0.414. The second kappa shape index (κ2) is 20.7. The monoisotopic (exact) mass is 853 g/mol. The van der Waals surface area contributed by atoms with E-state index in [0.29, 0.717) is 16.7 Å². The fourth-order valence-corrected chi connectivity index (χ4v) is 7.62. The molecule has 0 aliphatic rings. The van der Waals surface area contributed by atoms with Crippen LogP contribution in [0.3, 0.4) is 0 Å². The highest BCUT2D eigenvalue weighted by molar-refractivity contribution is 6.04. The third-order valence-corrected chi connectivity index (χ3v) is 11.0. The number of hydrogen-bond donors (Lipinski definition) is 0. The van der Waals surface area contributed by atoms with Gasteiger partial charge in [0.05, 0.1) is 37.0 Å². The van der Waals surface area contributed by atoms with E-state index < -0.39 is 0 Å². The van der Waals surface area contributed by atoms with Crippen LogP contribution in [0, 0.1) is 34.0 Å². The zero-order valence-corrected chi connectivity index (χ0v) is 36.4. The quantitative estimate of drug-likeness (QED) is 0.0794. The Morgan fingerprint density at radius 3 is 1.12 bits per heavy atom. The van der Waals surface area contributed by atoms with E-state index in [2.05, 4.69) is 88.7 Å². The first kappa shape index (κ1) is 43.3. The largest absolute Gasteiger partial charge is 0.497 e. The number of rotatable bonds is 14. The summed E-state index contributed by atoms with van der Waals surface area (Å²) in [6.45, 7) is 0. The number of para-hydroxylation sites is 2. The van der Waals surface area contributed by atoms with Crippen molar-refractivity contribution in [3.63, 3.8) is 0 Å². The van der Waals surface area contributed by atoms with Crippen LogP contribution in [-0.4, -0.2) is 14.2 Å². The molecular formula is C59H43N5O2. The normalized spacial score (nSPS) is 11.3. The molecule has 66 heavy (non-hydrogen) atoms. The molecule has 0 bridgehead atoms. The van der Waals surface area contributed by atoms with Crippen molar-refractivity contribution in [2.45, 2.75) is 0 Å². The minimum atomic E-state index is 0.141. The Morgan fingerprint density at radius 2 is 0.742 bits per heavy atom. The predicted octanol–water partition coefficient (Wildman–Crippen LogP) is 14.8. The van der Waals surface area contributed by atoms with Crippen LogP contribution in [-0.2, 0) is 0 Å². The molecule has 7 nitrogen and oxygen atoms in total. The maximum Gasteiger partial charge on any atom is 0.119 e. The minimum absolute atomic E-state index is 0.141. The van der Waals surface area contributed by atoms with Gasteiger partial charge in [0.15, 0.2) is 0 Å². The van der Waals surface area contributed by atoms with Crippen molar-refractivity contribution in [1.82, 2.24) is 0 Å². The number of ether oxygens (including phenoxy) is 2. The van der Waals surface area contributed by atoms with Gasteiger partial charge in [-0.1, -0.05) is 121 Å². The zero-order chi connectivity index (χ0) is 45.7. The Hall–Kier alpha value is -9.35. The summed E-state index contributed by atoms with van der Waals surface area (Å²) in [6, 6.07) is 72.4. The van der Waals surface area contributed by atoms with Gasteiger partial charge in [-0.25, -0.2) is 0 Å². The van der Waals surface area contributed by atoms with E-state index in [1.54, 1.807) is 26.4 Å². The zero-order valence-electron chi connectivity index (χ0n) is 36.4. The molecule has 0 aliphatic heterocycles. The Labute approximate surface area is 386 Å². The van der Waals surface area contributed by atoms with Crippen LogP contribution in [0.15, 0.2) is 200 Å². The van der Waals surface area contributed by atoms with E-state index in [-0.39, 0.29) is 11.1 Å². The fourth-order valence-electron chi connectivity index (χ4n) is 7.62. The van der Waals surface area contributed by atoms with Crippen molar-refractivity contribution in [1.29, 1.82) is 15.8 Å². The number of hydrogen-bond acceptors (Lipinski definition) is 7. The lowest BCUT2D eigenvalue weighted by atomic mass is 9.92. The van der Waals surface area contributed by atoms with Crippen LogP contribution in [0.25, 0.3) is 35.5 Å². The highest BCUT2D eigenvalue weighted by atomic mass is 16.5. The number of allylic oxidation sites excluding steroid dienone is 2. The molecular weight excluding hydrogens is 811 g/mol. The summed E-state index contributed by atoms with van der Waals surface area (Å²) < 4.78 is 10.8. The Kier molecular flexibility index (Phi) is 13.6. The molecule has 0 amide bonds. The predicted molar refractivity (Wildman–Crippen MR) is 269 cm³/mol. The smallest absolute Gasteiger partial charge is 0.119 e. The van der Waals surface area contributed by atoms with Gasteiger partial charge < -0.3 is 19.3 Å². The SMILES string of the molecule is COc1ccc(N(c2ccccc2)c2ccc(/C=C\c3ccc(/C(C#N)=C(/C#N)c4ccc(/C=C\c5ccc(N(c6ccccc6)c6ccc(OC)cc6)cc5)cc4C#N)cc3)cc2)cc1. The van der Waals surface area contributed by atoms with Crippen LogP contribution in [0.2, 0.25) is 0 Å². The van der Waals surface area contributed by atoms with Gasteiger partial charge in [0.25, 0.3) is 0 Å². The molecule has 0 saturated heterocycles. The van der Waals surface area contributed by atoms with Gasteiger partial charge >= 0.3 is 0 Å². The van der Waals surface area contributed by atoms with Gasteiger partial charge in [0, 0.05) is 39.7 Å². The van der Waals surface area contributed by atoms with Gasteiger partial charge in [-0.05, 0) is 131 Å². The second-order valence-electron chi connectivity index (χ2n) is 15.1. The van der Waals surface area contributed by atoms with Gasteiger partial charge in [-0.15, -0.1) is 0 Å². The molecule has 0 heterocycles. The number of benzene rings is 8.